The maximum atomic E-state index is 13.0. The molecular formula is C14H15FN2O. The molecule has 0 radical (unpaired) electrons. The van der Waals surface area contributed by atoms with E-state index < -0.39 is 0 Å². The molecule has 0 aliphatic heterocycles. The molecule has 0 aromatic heterocycles. The first-order valence-electron chi connectivity index (χ1n) is 6.12. The van der Waals surface area contributed by atoms with Gasteiger partial charge in [0.15, 0.2) is 0 Å². The highest BCUT2D eigenvalue weighted by atomic mass is 19.1. The molecule has 4 heteroatoms. The van der Waals surface area contributed by atoms with E-state index >= 15 is 0 Å². The minimum absolute atomic E-state index is 0.0453. The summed E-state index contributed by atoms with van der Waals surface area (Å²) in [5, 5.41) is 11.8. The molecule has 3 nitrogen and oxygen atoms in total. The highest BCUT2D eigenvalue weighted by Crippen LogP contribution is 2.24. The molecule has 0 spiro atoms. The van der Waals surface area contributed by atoms with E-state index in [-0.39, 0.29) is 30.1 Å². The minimum Gasteiger partial charge on any atom is -0.352 e. The number of nitrogens with one attached hydrogen (secondary N) is 1. The summed E-state index contributed by atoms with van der Waals surface area (Å²) in [5.74, 6) is -0.565. The quantitative estimate of drug-likeness (QED) is 0.888. The Kier molecular flexibility index (Phi) is 3.93. The van der Waals surface area contributed by atoms with Crippen molar-refractivity contribution in [3.8, 4) is 6.07 Å². The first-order chi connectivity index (χ1) is 8.69. The van der Waals surface area contributed by atoms with Crippen LogP contribution in [0.5, 0.6) is 0 Å². The van der Waals surface area contributed by atoms with Gasteiger partial charge in [-0.2, -0.15) is 5.26 Å². The number of hydrogen-bond acceptors (Lipinski definition) is 2. The van der Waals surface area contributed by atoms with Crippen LogP contribution in [0.4, 0.5) is 4.39 Å². The average Bonchev–Trinajstić information content (AvgIpc) is 2.76. The van der Waals surface area contributed by atoms with Gasteiger partial charge in [0.2, 0.25) is 5.91 Å². The summed E-state index contributed by atoms with van der Waals surface area (Å²) in [7, 11) is 0. The molecule has 1 aliphatic rings. The Balaban J connectivity index is 1.91. The molecule has 1 aromatic rings. The number of halogens is 1. The Morgan fingerprint density at radius 2 is 2.33 bits per heavy atom. The third-order valence-electron chi connectivity index (χ3n) is 3.28. The summed E-state index contributed by atoms with van der Waals surface area (Å²) >= 11 is 0. The van der Waals surface area contributed by atoms with E-state index in [9.17, 15) is 9.18 Å². The number of amides is 1. The van der Waals surface area contributed by atoms with Gasteiger partial charge in [-0.15, -0.1) is 0 Å². The van der Waals surface area contributed by atoms with E-state index in [0.717, 1.165) is 19.3 Å². The molecule has 2 unspecified atom stereocenters. The molecule has 1 aromatic carbocycles. The number of benzene rings is 1. The average molecular weight is 246 g/mol. The molecule has 0 heterocycles. The van der Waals surface area contributed by atoms with Crippen LogP contribution >= 0.6 is 0 Å². The zero-order chi connectivity index (χ0) is 13.0. The van der Waals surface area contributed by atoms with Crippen LogP contribution in [0.2, 0.25) is 0 Å². The van der Waals surface area contributed by atoms with E-state index in [4.69, 9.17) is 5.26 Å². The van der Waals surface area contributed by atoms with Crippen molar-refractivity contribution in [1.29, 1.82) is 5.26 Å². The Hall–Kier alpha value is -1.89. The van der Waals surface area contributed by atoms with Gasteiger partial charge in [-0.25, -0.2) is 4.39 Å². The van der Waals surface area contributed by atoms with Gasteiger partial charge >= 0.3 is 0 Å². The van der Waals surface area contributed by atoms with Gasteiger partial charge in [0, 0.05) is 6.04 Å². The summed E-state index contributed by atoms with van der Waals surface area (Å²) in [4.78, 5) is 11.8. The van der Waals surface area contributed by atoms with Crippen LogP contribution in [0.3, 0.4) is 0 Å². The normalized spacial score (nSPS) is 22.4. The second-order valence-corrected chi connectivity index (χ2v) is 4.65. The molecule has 1 saturated carbocycles. The Morgan fingerprint density at radius 3 is 3.06 bits per heavy atom. The van der Waals surface area contributed by atoms with Crippen molar-refractivity contribution in [3.63, 3.8) is 0 Å². The van der Waals surface area contributed by atoms with Crippen molar-refractivity contribution in [2.45, 2.75) is 31.7 Å². The van der Waals surface area contributed by atoms with E-state index in [2.05, 4.69) is 11.4 Å². The highest BCUT2D eigenvalue weighted by molar-refractivity contribution is 5.78. The summed E-state index contributed by atoms with van der Waals surface area (Å²) in [6.07, 6.45) is 2.84. The topological polar surface area (TPSA) is 52.9 Å². The summed E-state index contributed by atoms with van der Waals surface area (Å²) in [5.41, 5.74) is 0.652. The standard InChI is InChI=1S/C14H15FN2O/c15-12-5-1-3-10(7-12)8-14(18)17-13-6-2-4-11(13)9-16/h1,3,5,7,11,13H,2,4,6,8H2,(H,17,18). The van der Waals surface area contributed by atoms with E-state index in [1.54, 1.807) is 12.1 Å². The van der Waals surface area contributed by atoms with Gasteiger partial charge in [-0.1, -0.05) is 12.1 Å². The predicted octanol–water partition coefficient (Wildman–Crippen LogP) is 2.18. The van der Waals surface area contributed by atoms with Gasteiger partial charge in [0.25, 0.3) is 0 Å². The van der Waals surface area contributed by atoms with Crippen molar-refractivity contribution in [2.24, 2.45) is 5.92 Å². The fourth-order valence-electron chi connectivity index (χ4n) is 2.38. The molecule has 2 rings (SSSR count). The second kappa shape index (κ2) is 5.63. The van der Waals surface area contributed by atoms with Crippen molar-refractivity contribution < 1.29 is 9.18 Å². The van der Waals surface area contributed by atoms with Crippen LogP contribution in [0.25, 0.3) is 0 Å². The third-order valence-corrected chi connectivity index (χ3v) is 3.28. The van der Waals surface area contributed by atoms with Crippen molar-refractivity contribution in [1.82, 2.24) is 5.32 Å². The maximum absolute atomic E-state index is 13.0. The third kappa shape index (κ3) is 3.07. The van der Waals surface area contributed by atoms with Gasteiger partial charge in [-0.3, -0.25) is 4.79 Å². The lowest BCUT2D eigenvalue weighted by Crippen LogP contribution is -2.37. The molecule has 1 N–H and O–H groups in total. The van der Waals surface area contributed by atoms with Crippen LogP contribution in [0, 0.1) is 23.1 Å². The molecule has 1 amide bonds. The van der Waals surface area contributed by atoms with Gasteiger partial charge in [0.05, 0.1) is 18.4 Å². The lowest BCUT2D eigenvalue weighted by atomic mass is 10.1. The van der Waals surface area contributed by atoms with E-state index in [1.807, 2.05) is 0 Å². The van der Waals surface area contributed by atoms with Crippen LogP contribution in [0.15, 0.2) is 24.3 Å². The Labute approximate surface area is 106 Å². The Morgan fingerprint density at radius 1 is 1.50 bits per heavy atom. The molecule has 0 bridgehead atoms. The number of carbonyl (C=O) groups excluding carboxylic acids is 1. The zero-order valence-corrected chi connectivity index (χ0v) is 10.0. The molecule has 1 aliphatic carbocycles. The van der Waals surface area contributed by atoms with Gasteiger partial charge in [0.1, 0.15) is 5.82 Å². The van der Waals surface area contributed by atoms with Crippen molar-refractivity contribution in [2.75, 3.05) is 0 Å². The van der Waals surface area contributed by atoms with E-state index in [1.165, 1.54) is 12.1 Å². The summed E-state index contributed by atoms with van der Waals surface area (Å²) in [6, 6.07) is 8.19. The number of nitrogens with zero attached hydrogens (tertiary/aromatic N) is 1. The Bertz CT molecular complexity index is 481. The largest absolute Gasteiger partial charge is 0.352 e. The van der Waals surface area contributed by atoms with Gasteiger partial charge in [-0.05, 0) is 37.0 Å². The monoisotopic (exact) mass is 246 g/mol. The predicted molar refractivity (Wildman–Crippen MR) is 65.0 cm³/mol. The fourth-order valence-corrected chi connectivity index (χ4v) is 2.38. The summed E-state index contributed by atoms with van der Waals surface area (Å²) < 4.78 is 13.0. The molecular weight excluding hydrogens is 231 g/mol. The van der Waals surface area contributed by atoms with Crippen molar-refractivity contribution >= 4 is 5.91 Å². The molecule has 1 fully saturated rings. The van der Waals surface area contributed by atoms with E-state index in [0.29, 0.717) is 5.56 Å². The highest BCUT2D eigenvalue weighted by Gasteiger charge is 2.28. The number of nitriles is 1. The van der Waals surface area contributed by atoms with Crippen LogP contribution < -0.4 is 5.32 Å². The first kappa shape index (κ1) is 12.6. The number of hydrogen-bond donors (Lipinski definition) is 1. The number of carbonyl (C=O) groups is 1. The maximum Gasteiger partial charge on any atom is 0.224 e. The molecule has 0 saturated heterocycles. The number of rotatable bonds is 3. The first-order valence-corrected chi connectivity index (χ1v) is 6.12. The van der Waals surface area contributed by atoms with Crippen LogP contribution in [-0.4, -0.2) is 11.9 Å². The zero-order valence-electron chi connectivity index (χ0n) is 10.0. The SMILES string of the molecule is N#CC1CCCC1NC(=O)Cc1cccc(F)c1. The molecule has 2 atom stereocenters. The smallest absolute Gasteiger partial charge is 0.224 e. The summed E-state index contributed by atoms with van der Waals surface area (Å²) in [6.45, 7) is 0. The lowest BCUT2D eigenvalue weighted by molar-refractivity contribution is -0.121. The van der Waals surface area contributed by atoms with Crippen molar-refractivity contribution in [3.05, 3.63) is 35.6 Å². The van der Waals surface area contributed by atoms with Gasteiger partial charge < -0.3 is 5.32 Å². The van der Waals surface area contributed by atoms with Crippen LogP contribution in [-0.2, 0) is 11.2 Å². The second-order valence-electron chi connectivity index (χ2n) is 4.65. The molecule has 18 heavy (non-hydrogen) atoms. The van der Waals surface area contributed by atoms with Crippen LogP contribution in [0.1, 0.15) is 24.8 Å². The fraction of sp³-hybridized carbons (Fsp3) is 0.429. The minimum atomic E-state index is -0.337. The molecule has 94 valence electrons. The lowest BCUT2D eigenvalue weighted by Gasteiger charge is -2.15.